The number of hydrogen-bond acceptors (Lipinski definition) is 2. The van der Waals surface area contributed by atoms with Crippen molar-refractivity contribution in [3.8, 4) is 0 Å². The Morgan fingerprint density at radius 2 is 2.00 bits per heavy atom. The number of unbranched alkanes of at least 4 members (excludes halogenated alkanes) is 1. The Kier molecular flexibility index (Phi) is 5.31. The number of rotatable bonds is 5. The third kappa shape index (κ3) is 4.42. The molecule has 0 radical (unpaired) electrons. The van der Waals surface area contributed by atoms with Gasteiger partial charge in [0.2, 0.25) is 0 Å². The lowest BCUT2D eigenvalue weighted by Crippen LogP contribution is -1.86. The summed E-state index contributed by atoms with van der Waals surface area (Å²) in [4.78, 5) is 10.0. The highest BCUT2D eigenvalue weighted by molar-refractivity contribution is 14.1. The molecule has 0 N–H and O–H groups in total. The molecule has 1 aromatic rings. The van der Waals surface area contributed by atoms with Crippen molar-refractivity contribution in [2.45, 2.75) is 12.8 Å². The summed E-state index contributed by atoms with van der Waals surface area (Å²) < 4.78 is 1.16. The first-order chi connectivity index (χ1) is 7.24. The molecule has 0 bridgehead atoms. The molecule has 1 rings (SSSR count). The van der Waals surface area contributed by atoms with Gasteiger partial charge in [-0.3, -0.25) is 10.1 Å². The molecule has 0 aromatic heterocycles. The zero-order valence-electron chi connectivity index (χ0n) is 8.23. The molecule has 80 valence electrons. The molecule has 0 amide bonds. The molecule has 0 unspecified atom stereocenters. The van der Waals surface area contributed by atoms with Crippen LogP contribution in [0.1, 0.15) is 18.4 Å². The standard InChI is InChI=1S/C11H12INO2/c12-9-3-1-2-4-10-5-7-11(8-6-10)13(14)15/h2,4-8H,1,3,9H2/b4-2+. The van der Waals surface area contributed by atoms with Crippen molar-refractivity contribution < 1.29 is 4.92 Å². The molecule has 0 spiro atoms. The number of non-ortho nitro benzene ring substituents is 1. The molecule has 0 heterocycles. The SMILES string of the molecule is O=[N+]([O-])c1ccc(/C=C/CCCI)cc1. The number of benzene rings is 1. The van der Waals surface area contributed by atoms with Crippen LogP contribution < -0.4 is 0 Å². The summed E-state index contributed by atoms with van der Waals surface area (Å²) in [5.74, 6) is 0. The minimum atomic E-state index is -0.385. The summed E-state index contributed by atoms with van der Waals surface area (Å²) in [6.07, 6.45) is 6.32. The molecule has 0 aliphatic heterocycles. The van der Waals surface area contributed by atoms with Crippen LogP contribution in [0.15, 0.2) is 30.3 Å². The van der Waals surface area contributed by atoms with Crippen LogP contribution >= 0.6 is 22.6 Å². The molecule has 0 aliphatic rings. The van der Waals surface area contributed by atoms with Crippen molar-refractivity contribution in [2.75, 3.05) is 4.43 Å². The lowest BCUT2D eigenvalue weighted by Gasteiger charge is -1.93. The summed E-state index contributed by atoms with van der Waals surface area (Å²) in [6, 6.07) is 6.58. The second-order valence-corrected chi connectivity index (χ2v) is 4.16. The second kappa shape index (κ2) is 6.55. The van der Waals surface area contributed by atoms with Crippen LogP contribution in [0, 0.1) is 10.1 Å². The molecule has 4 heteroatoms. The molecule has 0 atom stereocenters. The van der Waals surface area contributed by atoms with Crippen LogP contribution in [-0.4, -0.2) is 9.35 Å². The van der Waals surface area contributed by atoms with Crippen molar-refractivity contribution >= 4 is 34.4 Å². The summed E-state index contributed by atoms with van der Waals surface area (Å²) in [5.41, 5.74) is 1.15. The van der Waals surface area contributed by atoms with E-state index in [4.69, 9.17) is 0 Å². The zero-order chi connectivity index (χ0) is 11.1. The van der Waals surface area contributed by atoms with E-state index in [2.05, 4.69) is 28.7 Å². The van der Waals surface area contributed by atoms with Gasteiger partial charge in [-0.1, -0.05) is 34.7 Å². The number of allylic oxidation sites excluding steroid dienone is 1. The second-order valence-electron chi connectivity index (χ2n) is 3.08. The average Bonchev–Trinajstić information content (AvgIpc) is 2.25. The number of nitro groups is 1. The molecule has 3 nitrogen and oxygen atoms in total. The van der Waals surface area contributed by atoms with Crippen LogP contribution in [-0.2, 0) is 0 Å². The van der Waals surface area contributed by atoms with Gasteiger partial charge in [0.25, 0.3) is 5.69 Å². The fourth-order valence-electron chi connectivity index (χ4n) is 1.12. The maximum Gasteiger partial charge on any atom is 0.269 e. The number of nitrogens with zero attached hydrogens (tertiary/aromatic N) is 1. The van der Waals surface area contributed by atoms with Gasteiger partial charge < -0.3 is 0 Å². The maximum absolute atomic E-state index is 10.4. The smallest absolute Gasteiger partial charge is 0.258 e. The molecule has 15 heavy (non-hydrogen) atoms. The zero-order valence-corrected chi connectivity index (χ0v) is 10.4. The third-order valence-corrected chi connectivity index (χ3v) is 2.68. The van der Waals surface area contributed by atoms with Crippen molar-refractivity contribution in [3.05, 3.63) is 46.0 Å². The van der Waals surface area contributed by atoms with Gasteiger partial charge in [0, 0.05) is 12.1 Å². The van der Waals surface area contributed by atoms with Gasteiger partial charge in [0.15, 0.2) is 0 Å². The summed E-state index contributed by atoms with van der Waals surface area (Å²) in [7, 11) is 0. The predicted octanol–water partition coefficient (Wildman–Crippen LogP) is 3.82. The van der Waals surface area contributed by atoms with Crippen LogP contribution in [0.3, 0.4) is 0 Å². The molecule has 0 saturated heterocycles. The van der Waals surface area contributed by atoms with E-state index in [1.807, 2.05) is 6.08 Å². The van der Waals surface area contributed by atoms with Crippen molar-refractivity contribution in [3.63, 3.8) is 0 Å². The first-order valence-corrected chi connectivity index (χ1v) is 6.23. The third-order valence-electron chi connectivity index (χ3n) is 1.92. The van der Waals surface area contributed by atoms with Gasteiger partial charge in [0.1, 0.15) is 0 Å². The molecule has 0 saturated carbocycles. The summed E-state index contributed by atoms with van der Waals surface area (Å²) in [5, 5.41) is 10.4. The Morgan fingerprint density at radius 1 is 1.33 bits per heavy atom. The van der Waals surface area contributed by atoms with Gasteiger partial charge in [-0.15, -0.1) is 0 Å². The van der Waals surface area contributed by atoms with E-state index in [0.29, 0.717) is 0 Å². The van der Waals surface area contributed by atoms with Crippen LogP contribution in [0.5, 0.6) is 0 Å². The molecule has 0 fully saturated rings. The van der Waals surface area contributed by atoms with Crippen molar-refractivity contribution in [2.24, 2.45) is 0 Å². The normalized spacial score (nSPS) is 10.7. The van der Waals surface area contributed by atoms with E-state index in [0.717, 1.165) is 16.4 Å². The average molecular weight is 317 g/mol. The van der Waals surface area contributed by atoms with Crippen LogP contribution in [0.2, 0.25) is 0 Å². The Morgan fingerprint density at radius 3 is 2.53 bits per heavy atom. The van der Waals surface area contributed by atoms with Gasteiger partial charge in [-0.05, 0) is 35.0 Å². The summed E-state index contributed by atoms with van der Waals surface area (Å²) in [6.45, 7) is 0. The van der Waals surface area contributed by atoms with Gasteiger partial charge >= 0.3 is 0 Å². The number of alkyl halides is 1. The molecule has 0 aliphatic carbocycles. The Balaban J connectivity index is 2.56. The topological polar surface area (TPSA) is 43.1 Å². The van der Waals surface area contributed by atoms with Gasteiger partial charge in [-0.25, -0.2) is 0 Å². The van der Waals surface area contributed by atoms with Gasteiger partial charge in [0.05, 0.1) is 4.92 Å². The Bertz CT molecular complexity index is 346. The van der Waals surface area contributed by atoms with E-state index < -0.39 is 0 Å². The molecular formula is C11H12INO2. The van der Waals surface area contributed by atoms with Crippen molar-refractivity contribution in [1.29, 1.82) is 0 Å². The molecular weight excluding hydrogens is 305 g/mol. The highest BCUT2D eigenvalue weighted by Gasteiger charge is 2.01. The molecule has 1 aromatic carbocycles. The highest BCUT2D eigenvalue weighted by atomic mass is 127. The predicted molar refractivity (Wildman–Crippen MR) is 70.3 cm³/mol. The minimum absolute atomic E-state index is 0.138. The number of halogens is 1. The minimum Gasteiger partial charge on any atom is -0.258 e. The highest BCUT2D eigenvalue weighted by Crippen LogP contribution is 2.13. The first kappa shape index (κ1) is 12.2. The Hall–Kier alpha value is -0.910. The lowest BCUT2D eigenvalue weighted by molar-refractivity contribution is -0.384. The van der Waals surface area contributed by atoms with E-state index >= 15 is 0 Å². The number of nitro benzene ring substituents is 1. The lowest BCUT2D eigenvalue weighted by atomic mass is 10.2. The van der Waals surface area contributed by atoms with E-state index in [9.17, 15) is 10.1 Å². The fourth-order valence-corrected chi connectivity index (χ4v) is 1.56. The van der Waals surface area contributed by atoms with Crippen LogP contribution in [0.25, 0.3) is 6.08 Å². The Labute approximate surface area is 102 Å². The van der Waals surface area contributed by atoms with E-state index in [1.54, 1.807) is 12.1 Å². The van der Waals surface area contributed by atoms with Gasteiger partial charge in [-0.2, -0.15) is 0 Å². The van der Waals surface area contributed by atoms with E-state index in [-0.39, 0.29) is 10.6 Å². The fraction of sp³-hybridized carbons (Fsp3) is 0.273. The maximum atomic E-state index is 10.4. The van der Waals surface area contributed by atoms with E-state index in [1.165, 1.54) is 18.6 Å². The van der Waals surface area contributed by atoms with Crippen LogP contribution in [0.4, 0.5) is 5.69 Å². The largest absolute Gasteiger partial charge is 0.269 e. The number of hydrogen-bond donors (Lipinski definition) is 0. The monoisotopic (exact) mass is 317 g/mol. The summed E-state index contributed by atoms with van der Waals surface area (Å²) >= 11 is 2.34. The van der Waals surface area contributed by atoms with Crippen molar-refractivity contribution in [1.82, 2.24) is 0 Å². The quantitative estimate of drug-likeness (QED) is 0.272. The first-order valence-electron chi connectivity index (χ1n) is 4.71.